The average molecular weight is 480 g/mol. The summed E-state index contributed by atoms with van der Waals surface area (Å²) in [5.41, 5.74) is 4.52. The van der Waals surface area contributed by atoms with Crippen molar-refractivity contribution in [2.24, 2.45) is 11.8 Å². The van der Waals surface area contributed by atoms with Gasteiger partial charge in [-0.05, 0) is 48.7 Å². The maximum atomic E-state index is 13.3. The normalized spacial score (nSPS) is 20.2. The standard InChI is InChI=1S/C27H33N3O5/c1-17-12-13-30(14-22(17)26(32)33)25(31)24(15-29(2)3)28-27(34)35-16-23-20-10-6-4-8-18(20)19-9-5-7-11-21(19)23/h4-11,17,22-24H,12-16H2,1-3H3,(H,28,34)(H,32,33)/t17?,22?,24-/m0/s1. The summed E-state index contributed by atoms with van der Waals surface area (Å²) in [7, 11) is 3.63. The number of amides is 2. The molecule has 2 aromatic rings. The summed E-state index contributed by atoms with van der Waals surface area (Å²) in [6.45, 7) is 2.95. The molecule has 0 spiro atoms. The monoisotopic (exact) mass is 479 g/mol. The molecular weight excluding hydrogens is 446 g/mol. The third-order valence-corrected chi connectivity index (χ3v) is 7.07. The third kappa shape index (κ3) is 5.32. The van der Waals surface area contributed by atoms with Crippen LogP contribution in [0, 0.1) is 11.8 Å². The van der Waals surface area contributed by atoms with Gasteiger partial charge in [0.1, 0.15) is 12.6 Å². The van der Waals surface area contributed by atoms with Gasteiger partial charge in [0.25, 0.3) is 0 Å². The molecular formula is C27H33N3O5. The molecule has 2 N–H and O–H groups in total. The fourth-order valence-electron chi connectivity index (χ4n) is 5.14. The molecule has 1 heterocycles. The second-order valence-corrected chi connectivity index (χ2v) is 9.78. The number of carboxylic acid groups (broad SMARTS) is 1. The first kappa shape index (κ1) is 24.7. The van der Waals surface area contributed by atoms with Crippen molar-refractivity contribution in [2.75, 3.05) is 40.3 Å². The second kappa shape index (κ2) is 10.5. The molecule has 0 bridgehead atoms. The highest BCUT2D eigenvalue weighted by atomic mass is 16.5. The number of aliphatic carboxylic acids is 1. The van der Waals surface area contributed by atoms with E-state index in [2.05, 4.69) is 29.6 Å². The number of nitrogens with one attached hydrogen (secondary N) is 1. The van der Waals surface area contributed by atoms with Crippen molar-refractivity contribution in [3.63, 3.8) is 0 Å². The Morgan fingerprint density at radius 2 is 1.69 bits per heavy atom. The van der Waals surface area contributed by atoms with Gasteiger partial charge in [0.2, 0.25) is 5.91 Å². The van der Waals surface area contributed by atoms with E-state index in [0.717, 1.165) is 22.3 Å². The minimum absolute atomic E-state index is 0.000981. The largest absolute Gasteiger partial charge is 0.481 e. The lowest BCUT2D eigenvalue weighted by Crippen LogP contribution is -2.56. The van der Waals surface area contributed by atoms with E-state index >= 15 is 0 Å². The van der Waals surface area contributed by atoms with Gasteiger partial charge in [-0.1, -0.05) is 55.5 Å². The predicted molar refractivity (Wildman–Crippen MR) is 132 cm³/mol. The van der Waals surface area contributed by atoms with Crippen molar-refractivity contribution in [3.05, 3.63) is 59.7 Å². The molecule has 1 aliphatic heterocycles. The van der Waals surface area contributed by atoms with Gasteiger partial charge in [-0.3, -0.25) is 9.59 Å². The molecule has 0 radical (unpaired) electrons. The molecule has 4 rings (SSSR count). The van der Waals surface area contributed by atoms with Crippen molar-refractivity contribution in [1.29, 1.82) is 0 Å². The number of nitrogens with zero attached hydrogens (tertiary/aromatic N) is 2. The van der Waals surface area contributed by atoms with E-state index in [0.29, 0.717) is 13.0 Å². The number of carbonyl (C=O) groups excluding carboxylic acids is 2. The fraction of sp³-hybridized carbons (Fsp3) is 0.444. The Labute approximate surface area is 205 Å². The predicted octanol–water partition coefficient (Wildman–Crippen LogP) is 3.02. The van der Waals surface area contributed by atoms with Gasteiger partial charge >= 0.3 is 12.1 Å². The van der Waals surface area contributed by atoms with Crippen molar-refractivity contribution >= 4 is 18.0 Å². The Morgan fingerprint density at radius 1 is 1.09 bits per heavy atom. The molecule has 1 saturated heterocycles. The molecule has 1 fully saturated rings. The van der Waals surface area contributed by atoms with Gasteiger partial charge in [0.05, 0.1) is 5.92 Å². The molecule has 35 heavy (non-hydrogen) atoms. The first-order valence-corrected chi connectivity index (χ1v) is 12.0. The van der Waals surface area contributed by atoms with Gasteiger partial charge in [-0.25, -0.2) is 4.79 Å². The zero-order chi connectivity index (χ0) is 25.1. The lowest BCUT2D eigenvalue weighted by atomic mass is 9.87. The maximum Gasteiger partial charge on any atom is 0.407 e. The van der Waals surface area contributed by atoms with Crippen molar-refractivity contribution in [1.82, 2.24) is 15.1 Å². The smallest absolute Gasteiger partial charge is 0.407 e. The van der Waals surface area contributed by atoms with Crippen molar-refractivity contribution < 1.29 is 24.2 Å². The Morgan fingerprint density at radius 3 is 2.26 bits per heavy atom. The van der Waals surface area contributed by atoms with Crippen LogP contribution in [0.15, 0.2) is 48.5 Å². The molecule has 2 unspecified atom stereocenters. The molecule has 0 saturated carbocycles. The Bertz CT molecular complexity index is 1060. The van der Waals surface area contributed by atoms with E-state index in [1.54, 1.807) is 4.90 Å². The van der Waals surface area contributed by atoms with Crippen LogP contribution in [0.25, 0.3) is 11.1 Å². The minimum Gasteiger partial charge on any atom is -0.481 e. The molecule has 0 aromatic heterocycles. The van der Waals surface area contributed by atoms with Crippen LogP contribution in [0.2, 0.25) is 0 Å². The first-order chi connectivity index (χ1) is 16.8. The Hall–Kier alpha value is -3.39. The van der Waals surface area contributed by atoms with Crippen LogP contribution in [0.4, 0.5) is 4.79 Å². The summed E-state index contributed by atoms with van der Waals surface area (Å²) in [6, 6.07) is 15.4. The molecule has 8 nitrogen and oxygen atoms in total. The van der Waals surface area contributed by atoms with Crippen LogP contribution >= 0.6 is 0 Å². The number of likely N-dealkylation sites (tertiary alicyclic amines) is 1. The lowest BCUT2D eigenvalue weighted by Gasteiger charge is -2.37. The molecule has 2 aromatic carbocycles. The quantitative estimate of drug-likeness (QED) is 0.633. The Balaban J connectivity index is 1.42. The molecule has 3 atom stereocenters. The number of fused-ring (bicyclic) bond motifs is 3. The molecule has 1 aliphatic carbocycles. The average Bonchev–Trinajstić information content (AvgIpc) is 3.15. The van der Waals surface area contributed by atoms with Crippen molar-refractivity contribution in [2.45, 2.75) is 25.3 Å². The molecule has 186 valence electrons. The number of carboxylic acids is 1. The van der Waals surface area contributed by atoms with E-state index in [9.17, 15) is 19.5 Å². The highest BCUT2D eigenvalue weighted by molar-refractivity contribution is 5.87. The van der Waals surface area contributed by atoms with Gasteiger partial charge in [0, 0.05) is 25.6 Å². The number of carbonyl (C=O) groups is 3. The van der Waals surface area contributed by atoms with Crippen LogP contribution in [0.3, 0.4) is 0 Å². The summed E-state index contributed by atoms with van der Waals surface area (Å²) in [4.78, 5) is 41.1. The summed E-state index contributed by atoms with van der Waals surface area (Å²) in [6.07, 6.45) is -0.0465. The number of hydrogen-bond donors (Lipinski definition) is 2. The summed E-state index contributed by atoms with van der Waals surface area (Å²) >= 11 is 0. The highest BCUT2D eigenvalue weighted by Gasteiger charge is 2.37. The minimum atomic E-state index is -0.899. The number of benzene rings is 2. The van der Waals surface area contributed by atoms with E-state index in [4.69, 9.17) is 4.74 Å². The Kier molecular flexibility index (Phi) is 7.40. The van der Waals surface area contributed by atoms with E-state index in [-0.39, 0.29) is 37.4 Å². The van der Waals surface area contributed by atoms with E-state index < -0.39 is 24.0 Å². The number of ether oxygens (including phenoxy) is 1. The van der Waals surface area contributed by atoms with Gasteiger partial charge in [-0.2, -0.15) is 0 Å². The SMILES string of the molecule is CC1CCN(C(=O)[C@H](CN(C)C)NC(=O)OCC2c3ccccc3-c3ccccc32)CC1C(=O)O. The molecule has 8 heteroatoms. The van der Waals surface area contributed by atoms with Crippen molar-refractivity contribution in [3.8, 4) is 11.1 Å². The summed E-state index contributed by atoms with van der Waals surface area (Å²) < 4.78 is 5.63. The van der Waals surface area contributed by atoms with Gasteiger partial charge < -0.3 is 25.0 Å². The summed E-state index contributed by atoms with van der Waals surface area (Å²) in [5, 5.41) is 12.2. The number of rotatable bonds is 7. The first-order valence-electron chi connectivity index (χ1n) is 12.0. The second-order valence-electron chi connectivity index (χ2n) is 9.78. The number of alkyl carbamates (subject to hydrolysis) is 1. The van der Waals surface area contributed by atoms with Gasteiger partial charge in [0.15, 0.2) is 0 Å². The zero-order valence-electron chi connectivity index (χ0n) is 20.4. The van der Waals surface area contributed by atoms with E-state index in [1.165, 1.54) is 0 Å². The lowest BCUT2D eigenvalue weighted by molar-refractivity contribution is -0.148. The summed E-state index contributed by atoms with van der Waals surface area (Å²) in [5.74, 6) is -1.87. The molecule has 2 aliphatic rings. The van der Waals surface area contributed by atoms with Crippen LogP contribution < -0.4 is 5.32 Å². The highest BCUT2D eigenvalue weighted by Crippen LogP contribution is 2.44. The number of likely N-dealkylation sites (N-methyl/N-ethyl adjacent to an activating group) is 1. The van der Waals surface area contributed by atoms with E-state index in [1.807, 2.05) is 50.2 Å². The fourth-order valence-corrected chi connectivity index (χ4v) is 5.14. The van der Waals surface area contributed by atoms with Crippen LogP contribution in [0.5, 0.6) is 0 Å². The maximum absolute atomic E-state index is 13.3. The zero-order valence-corrected chi connectivity index (χ0v) is 20.4. The number of hydrogen-bond acceptors (Lipinski definition) is 5. The van der Waals surface area contributed by atoms with Gasteiger partial charge in [-0.15, -0.1) is 0 Å². The van der Waals surface area contributed by atoms with Crippen LogP contribution in [-0.2, 0) is 14.3 Å². The number of piperidine rings is 1. The van der Waals surface area contributed by atoms with Crippen LogP contribution in [0.1, 0.15) is 30.4 Å². The molecule has 2 amide bonds. The van der Waals surface area contributed by atoms with Crippen LogP contribution in [-0.4, -0.2) is 79.3 Å². The topological polar surface area (TPSA) is 99.2 Å². The third-order valence-electron chi connectivity index (χ3n) is 7.07.